The fourth-order valence-corrected chi connectivity index (χ4v) is 0.897. The molecule has 0 amide bonds. The van der Waals surface area contributed by atoms with E-state index < -0.39 is 35.9 Å². The van der Waals surface area contributed by atoms with E-state index in [1.807, 2.05) is 0 Å². The van der Waals surface area contributed by atoms with Gasteiger partial charge in [0.05, 0.1) is 6.61 Å². The summed E-state index contributed by atoms with van der Waals surface area (Å²) in [5, 5.41) is 8.50. The van der Waals surface area contributed by atoms with Crippen LogP contribution >= 0.6 is 0 Å². The van der Waals surface area contributed by atoms with Gasteiger partial charge in [-0.15, -0.1) is 13.2 Å². The number of hydrogen-bond acceptors (Lipinski definition) is 2. The third-order valence-electron chi connectivity index (χ3n) is 1.52. The molecule has 0 saturated carbocycles. The van der Waals surface area contributed by atoms with E-state index in [4.69, 9.17) is 5.11 Å². The Morgan fingerprint density at radius 3 is 2.20 bits per heavy atom. The van der Waals surface area contributed by atoms with E-state index in [0.717, 1.165) is 6.07 Å². The first-order chi connectivity index (χ1) is 6.85. The zero-order chi connectivity index (χ0) is 11.6. The molecule has 0 aliphatic rings. The molecule has 0 atom stereocenters. The highest BCUT2D eigenvalue weighted by atomic mass is 19.4. The number of aliphatic hydroxyl groups excluding tert-OH is 1. The van der Waals surface area contributed by atoms with Gasteiger partial charge < -0.3 is 9.84 Å². The van der Waals surface area contributed by atoms with Crippen molar-refractivity contribution >= 4 is 0 Å². The molecule has 0 heterocycles. The summed E-state index contributed by atoms with van der Waals surface area (Å²) >= 11 is 0. The van der Waals surface area contributed by atoms with Crippen LogP contribution in [0, 0.1) is 11.6 Å². The molecule has 15 heavy (non-hydrogen) atoms. The van der Waals surface area contributed by atoms with Gasteiger partial charge in [0.1, 0.15) is 0 Å². The Bertz CT molecular complexity index is 361. The molecule has 2 nitrogen and oxygen atoms in total. The van der Waals surface area contributed by atoms with Gasteiger partial charge in [-0.3, -0.25) is 0 Å². The number of halogens is 5. The number of benzene rings is 1. The molecule has 0 bridgehead atoms. The van der Waals surface area contributed by atoms with Crippen molar-refractivity contribution < 1.29 is 31.8 Å². The monoisotopic (exact) mass is 228 g/mol. The van der Waals surface area contributed by atoms with Crippen LogP contribution in [0.15, 0.2) is 12.1 Å². The van der Waals surface area contributed by atoms with Gasteiger partial charge in [-0.25, -0.2) is 4.39 Å². The summed E-state index contributed by atoms with van der Waals surface area (Å²) in [5.74, 6) is -4.60. The Balaban J connectivity index is 3.07. The van der Waals surface area contributed by atoms with Gasteiger partial charge in [-0.2, -0.15) is 4.39 Å². The molecule has 84 valence electrons. The molecule has 1 aromatic carbocycles. The van der Waals surface area contributed by atoms with Gasteiger partial charge in [-0.05, 0) is 12.1 Å². The van der Waals surface area contributed by atoms with Crippen LogP contribution in [0.5, 0.6) is 5.75 Å². The van der Waals surface area contributed by atoms with E-state index in [0.29, 0.717) is 6.07 Å². The molecule has 0 saturated heterocycles. The predicted octanol–water partition coefficient (Wildman–Crippen LogP) is 2.36. The summed E-state index contributed by atoms with van der Waals surface area (Å²) in [6, 6.07) is 1.40. The maximum Gasteiger partial charge on any atom is 0.573 e. The van der Waals surface area contributed by atoms with E-state index in [1.54, 1.807) is 0 Å². The van der Waals surface area contributed by atoms with E-state index in [9.17, 15) is 22.0 Å². The molecule has 0 aliphatic carbocycles. The van der Waals surface area contributed by atoms with Crippen molar-refractivity contribution in [1.82, 2.24) is 0 Å². The minimum atomic E-state index is -5.09. The maximum atomic E-state index is 12.9. The molecule has 1 N–H and O–H groups in total. The van der Waals surface area contributed by atoms with Crippen LogP contribution in [0.1, 0.15) is 5.56 Å². The smallest absolute Gasteiger partial charge is 0.403 e. The van der Waals surface area contributed by atoms with E-state index >= 15 is 0 Å². The van der Waals surface area contributed by atoms with Crippen LogP contribution < -0.4 is 4.74 Å². The maximum absolute atomic E-state index is 12.9. The number of aliphatic hydroxyl groups is 1. The van der Waals surface area contributed by atoms with Crippen molar-refractivity contribution in [2.75, 3.05) is 0 Å². The lowest BCUT2D eigenvalue weighted by molar-refractivity contribution is -0.275. The Labute approximate surface area is 80.9 Å². The first-order valence-electron chi connectivity index (χ1n) is 3.68. The summed E-state index contributed by atoms with van der Waals surface area (Å²) in [6.45, 7) is -0.810. The number of ether oxygens (including phenoxy) is 1. The average molecular weight is 228 g/mol. The Hall–Kier alpha value is -1.37. The molecular formula is C8H5F5O2. The molecule has 7 heteroatoms. The quantitative estimate of drug-likeness (QED) is 0.787. The van der Waals surface area contributed by atoms with Gasteiger partial charge in [0.25, 0.3) is 0 Å². The highest BCUT2D eigenvalue weighted by Gasteiger charge is 2.33. The molecule has 1 rings (SSSR count). The molecule has 0 unspecified atom stereocenters. The summed E-state index contributed by atoms with van der Waals surface area (Å²) in [5.41, 5.74) is -0.443. The molecule has 0 radical (unpaired) electrons. The van der Waals surface area contributed by atoms with Crippen molar-refractivity contribution in [2.45, 2.75) is 13.0 Å². The molecule has 1 aromatic rings. The van der Waals surface area contributed by atoms with Gasteiger partial charge >= 0.3 is 6.36 Å². The lowest BCUT2D eigenvalue weighted by atomic mass is 10.2. The highest BCUT2D eigenvalue weighted by molar-refractivity contribution is 5.30. The normalized spacial score (nSPS) is 11.6. The van der Waals surface area contributed by atoms with Gasteiger partial charge in [0.2, 0.25) is 5.82 Å². The lowest BCUT2D eigenvalue weighted by Crippen LogP contribution is -2.18. The number of hydrogen-bond donors (Lipinski definition) is 1. The van der Waals surface area contributed by atoms with Crippen LogP contribution in [0.2, 0.25) is 0 Å². The van der Waals surface area contributed by atoms with Crippen LogP contribution in [0.25, 0.3) is 0 Å². The topological polar surface area (TPSA) is 29.5 Å². The standard InChI is InChI=1S/C8H5F5O2/c9-6-4(3-14)1-2-5(7(6)10)15-8(11,12)13/h1-2,14H,3H2. The van der Waals surface area contributed by atoms with Gasteiger partial charge in [0, 0.05) is 5.56 Å². The highest BCUT2D eigenvalue weighted by Crippen LogP contribution is 2.28. The van der Waals surface area contributed by atoms with Crippen LogP contribution in [0.3, 0.4) is 0 Å². The van der Waals surface area contributed by atoms with E-state index in [-0.39, 0.29) is 0 Å². The molecule has 0 fully saturated rings. The van der Waals surface area contributed by atoms with Crippen molar-refractivity contribution in [3.05, 3.63) is 29.3 Å². The SMILES string of the molecule is OCc1ccc(OC(F)(F)F)c(F)c1F. The summed E-state index contributed by atoms with van der Waals surface area (Å²) in [4.78, 5) is 0. The first-order valence-corrected chi connectivity index (χ1v) is 3.68. The van der Waals surface area contributed by atoms with Crippen molar-refractivity contribution in [2.24, 2.45) is 0 Å². The zero-order valence-electron chi connectivity index (χ0n) is 7.11. The third-order valence-corrected chi connectivity index (χ3v) is 1.52. The second-order valence-electron chi connectivity index (χ2n) is 2.56. The minimum Gasteiger partial charge on any atom is -0.403 e. The summed E-state index contributed by atoms with van der Waals surface area (Å²) in [7, 11) is 0. The van der Waals surface area contributed by atoms with E-state index in [1.165, 1.54) is 0 Å². The fraction of sp³-hybridized carbons (Fsp3) is 0.250. The second-order valence-corrected chi connectivity index (χ2v) is 2.56. The number of rotatable bonds is 2. The van der Waals surface area contributed by atoms with Crippen LogP contribution in [0.4, 0.5) is 22.0 Å². The summed E-state index contributed by atoms with van der Waals surface area (Å²) in [6.07, 6.45) is -5.09. The van der Waals surface area contributed by atoms with Gasteiger partial charge in [-0.1, -0.05) is 0 Å². The second kappa shape index (κ2) is 4.01. The van der Waals surface area contributed by atoms with Crippen LogP contribution in [-0.4, -0.2) is 11.5 Å². The Morgan fingerprint density at radius 1 is 1.13 bits per heavy atom. The zero-order valence-corrected chi connectivity index (χ0v) is 7.11. The molecule has 0 aromatic heterocycles. The lowest BCUT2D eigenvalue weighted by Gasteiger charge is -2.10. The average Bonchev–Trinajstić information content (AvgIpc) is 2.11. The Kier molecular flexibility index (Phi) is 3.13. The first kappa shape index (κ1) is 11.7. The molecule has 0 aliphatic heterocycles. The third kappa shape index (κ3) is 2.79. The molecule has 0 spiro atoms. The number of alkyl halides is 3. The molecular weight excluding hydrogens is 223 g/mol. The van der Waals surface area contributed by atoms with Crippen molar-refractivity contribution in [3.63, 3.8) is 0 Å². The minimum absolute atomic E-state index is 0.443. The summed E-state index contributed by atoms with van der Waals surface area (Å²) < 4.78 is 64.0. The van der Waals surface area contributed by atoms with Crippen LogP contribution in [-0.2, 0) is 6.61 Å². The van der Waals surface area contributed by atoms with Gasteiger partial charge in [0.15, 0.2) is 11.6 Å². The largest absolute Gasteiger partial charge is 0.573 e. The van der Waals surface area contributed by atoms with E-state index in [2.05, 4.69) is 4.74 Å². The Morgan fingerprint density at radius 2 is 1.73 bits per heavy atom. The van der Waals surface area contributed by atoms with Crippen molar-refractivity contribution in [1.29, 1.82) is 0 Å². The van der Waals surface area contributed by atoms with Crippen molar-refractivity contribution in [3.8, 4) is 5.75 Å². The fourth-order valence-electron chi connectivity index (χ4n) is 0.897. The predicted molar refractivity (Wildman–Crippen MR) is 39.0 cm³/mol.